The summed E-state index contributed by atoms with van der Waals surface area (Å²) < 4.78 is 35.1. The van der Waals surface area contributed by atoms with Crippen molar-refractivity contribution < 1.29 is 82.7 Å². The average molecular weight is 1160 g/mol. The Bertz CT molecular complexity index is 2810. The predicted octanol–water partition coefficient (Wildman–Crippen LogP) is -1.87. The number of nitrogens with zero attached hydrogens (tertiary/aromatic N) is 4. The lowest BCUT2D eigenvalue weighted by Gasteiger charge is -2.46. The molecule has 1 aromatic heterocycles. The molecule has 2 aliphatic heterocycles. The van der Waals surface area contributed by atoms with Gasteiger partial charge in [-0.1, -0.05) is 72.7 Å². The van der Waals surface area contributed by atoms with Crippen molar-refractivity contribution in [1.29, 1.82) is 0 Å². The molecule has 2 aliphatic rings. The van der Waals surface area contributed by atoms with E-state index in [1.54, 1.807) is 23.0 Å². The van der Waals surface area contributed by atoms with E-state index in [1.807, 2.05) is 42.5 Å². The highest BCUT2D eigenvalue weighted by Gasteiger charge is 2.56. The number of aliphatic hydroxyl groups excluding tert-OH is 4. The number of unbranched alkanes of at least 4 members (excludes halogenated alkanes) is 3. The van der Waals surface area contributed by atoms with E-state index in [1.165, 1.54) is 12.2 Å². The topological polar surface area (TPSA) is 387 Å². The van der Waals surface area contributed by atoms with E-state index < -0.39 is 96.3 Å². The van der Waals surface area contributed by atoms with Gasteiger partial charge in [-0.25, -0.2) is 9.48 Å². The van der Waals surface area contributed by atoms with Gasteiger partial charge in [0.15, 0.2) is 0 Å². The second-order valence-electron chi connectivity index (χ2n) is 19.4. The number of aliphatic hydroxyl groups is 4. The molecule has 5 amide bonds. The number of imide groups is 1. The fourth-order valence-electron chi connectivity index (χ4n) is 8.80. The van der Waals surface area contributed by atoms with Gasteiger partial charge in [0.2, 0.25) is 17.7 Å². The van der Waals surface area contributed by atoms with Gasteiger partial charge in [-0.3, -0.25) is 38.5 Å². The summed E-state index contributed by atoms with van der Waals surface area (Å²) in [6.45, 7) is 1.88. The molecule has 0 radical (unpaired) electrons. The lowest BCUT2D eigenvalue weighted by Crippen LogP contribution is -2.68. The number of nitrogens with one attached hydrogen (secondary N) is 5. The number of benzene rings is 2. The van der Waals surface area contributed by atoms with Crippen LogP contribution in [0.25, 0.3) is 11.1 Å². The first kappa shape index (κ1) is 64.8. The van der Waals surface area contributed by atoms with Crippen molar-refractivity contribution >= 4 is 46.9 Å². The minimum Gasteiger partial charge on any atom is -0.477 e. The van der Waals surface area contributed by atoms with E-state index in [9.17, 15) is 63.9 Å². The molecule has 6 rings (SSSR count). The van der Waals surface area contributed by atoms with Crippen LogP contribution in [0.5, 0.6) is 0 Å². The van der Waals surface area contributed by atoms with Crippen molar-refractivity contribution in [3.05, 3.63) is 105 Å². The van der Waals surface area contributed by atoms with Gasteiger partial charge < -0.3 is 80.5 Å². The second kappa shape index (κ2) is 33.7. The number of aromatic nitrogens is 3. The Hall–Kier alpha value is -7.38. The normalized spacial score (nSPS) is 18.5. The first-order valence-electron chi connectivity index (χ1n) is 27.3. The molecule has 0 unspecified atom stereocenters. The van der Waals surface area contributed by atoms with Crippen molar-refractivity contribution in [3.63, 3.8) is 0 Å². The average Bonchev–Trinajstić information content (AvgIpc) is 4.27. The molecular formula is C55H73N9O19. The summed E-state index contributed by atoms with van der Waals surface area (Å²) in [6.07, 6.45) is -1.85. The molecule has 0 saturated carbocycles. The number of hydrogen-bond donors (Lipinski definition) is 10. The summed E-state index contributed by atoms with van der Waals surface area (Å²) in [5.41, 5.74) is 2.06. The number of hydrogen-bond acceptors (Lipinski definition) is 22. The van der Waals surface area contributed by atoms with Crippen molar-refractivity contribution in [2.75, 3.05) is 103 Å². The van der Waals surface area contributed by atoms with Crippen LogP contribution in [0.3, 0.4) is 0 Å². The van der Waals surface area contributed by atoms with Crippen molar-refractivity contribution in [2.45, 2.75) is 94.3 Å². The smallest absolute Gasteiger partial charge is 0.364 e. The molecule has 3 aromatic carbocycles. The Morgan fingerprint density at radius 2 is 1.34 bits per heavy atom. The van der Waals surface area contributed by atoms with Crippen LogP contribution in [0.2, 0.25) is 0 Å². The maximum absolute atomic E-state index is 12.8. The molecule has 28 nitrogen and oxygen atoms in total. The van der Waals surface area contributed by atoms with Gasteiger partial charge in [0.1, 0.15) is 35.9 Å². The molecule has 28 heteroatoms. The Kier molecular flexibility index (Phi) is 26.3. The Morgan fingerprint density at radius 1 is 0.711 bits per heavy atom. The number of carboxylic acid groups (broad SMARTS) is 1. The van der Waals surface area contributed by atoms with Crippen LogP contribution in [0.1, 0.15) is 49.8 Å². The standard InChI is InChI=1S/C55H73N9O19/c65-35-44(70)60-47-40(66)31-55(54(76)77,83-53(47)50(73)41(67)33-58-43(69)30-36-10-12-38(13-11-36)37-8-4-3-5-9-37)82-21-7-2-1-6-17-57-48-49(52(75)51(48)74)59-32-39-34-63(62-61-39)20-23-79-25-27-81-29-28-80-26-24-78-22-16-42(68)56-18-19-64-45(71)14-15-46(64)72/h3-5,8-15,34,40-41,47,50,53,57,59,65-67,73H,1-2,6-7,16-33,35H2,(H,56,68)(H,58,69)(H,60,70)(H,76,77)/t40-,41+,47+,50+,53+,55+/m0/s1. The largest absolute Gasteiger partial charge is 0.477 e. The summed E-state index contributed by atoms with van der Waals surface area (Å²) in [5, 5.41) is 74.7. The Labute approximate surface area is 477 Å². The number of ether oxygens (including phenoxy) is 6. The van der Waals surface area contributed by atoms with Crippen LogP contribution >= 0.6 is 0 Å². The van der Waals surface area contributed by atoms with Crippen LogP contribution < -0.4 is 37.4 Å². The summed E-state index contributed by atoms with van der Waals surface area (Å²) >= 11 is 0. The van der Waals surface area contributed by atoms with Crippen molar-refractivity contribution in [1.82, 2.24) is 35.8 Å². The summed E-state index contributed by atoms with van der Waals surface area (Å²) in [5.74, 6) is -6.70. The van der Waals surface area contributed by atoms with Gasteiger partial charge in [-0.15, -0.1) is 5.10 Å². The van der Waals surface area contributed by atoms with Crippen LogP contribution in [0.15, 0.2) is 82.5 Å². The molecule has 1 saturated heterocycles. The molecule has 3 heterocycles. The number of carbonyl (C=O) groups excluding carboxylic acids is 5. The van der Waals surface area contributed by atoms with E-state index in [2.05, 4.69) is 36.9 Å². The van der Waals surface area contributed by atoms with E-state index >= 15 is 0 Å². The molecule has 4 aromatic rings. The third-order valence-corrected chi connectivity index (χ3v) is 13.3. The van der Waals surface area contributed by atoms with Crippen molar-refractivity contribution in [3.8, 4) is 11.1 Å². The van der Waals surface area contributed by atoms with E-state index in [-0.39, 0.29) is 63.0 Å². The van der Waals surface area contributed by atoms with Crippen LogP contribution in [-0.2, 0) is 76.7 Å². The Morgan fingerprint density at radius 3 is 2.00 bits per heavy atom. The zero-order valence-electron chi connectivity index (χ0n) is 45.8. The summed E-state index contributed by atoms with van der Waals surface area (Å²) in [4.78, 5) is 98.6. The van der Waals surface area contributed by atoms with E-state index in [0.29, 0.717) is 96.3 Å². The number of carbonyl (C=O) groups is 6. The lowest BCUT2D eigenvalue weighted by atomic mass is 9.88. The molecule has 83 heavy (non-hydrogen) atoms. The summed E-state index contributed by atoms with van der Waals surface area (Å²) in [6, 6.07) is 15.5. The number of aliphatic carboxylic acids is 1. The first-order chi connectivity index (χ1) is 40.1. The Balaban J connectivity index is 0.806. The number of amides is 5. The molecule has 0 spiro atoms. The molecule has 1 fully saturated rings. The zero-order chi connectivity index (χ0) is 59.6. The zero-order valence-corrected chi connectivity index (χ0v) is 45.8. The molecule has 0 aliphatic carbocycles. The van der Waals surface area contributed by atoms with Gasteiger partial charge in [-0.05, 0) is 29.5 Å². The second-order valence-corrected chi connectivity index (χ2v) is 19.4. The minimum absolute atomic E-state index is 0.0589. The SMILES string of the molecule is O=C(CCOCCOCCOCCOCCn1cc(CNc2c(NCCCCCCO[C@]3(C(=O)O)C[C@H](O)[C@@H](NC(=O)CO)[C@H]([C@H](O)[C@H](O)CNC(=O)Cc4ccc(-c5ccccc5)cc4)O3)c(=O)c2=O)nn1)NCCN1C(=O)C=CC1=O. The van der Waals surface area contributed by atoms with Crippen LogP contribution in [-0.4, -0.2) is 209 Å². The maximum Gasteiger partial charge on any atom is 0.364 e. The highest BCUT2D eigenvalue weighted by atomic mass is 16.7. The quantitative estimate of drug-likeness (QED) is 0.0132. The van der Waals surface area contributed by atoms with Crippen LogP contribution in [0, 0.1) is 0 Å². The maximum atomic E-state index is 12.8. The summed E-state index contributed by atoms with van der Waals surface area (Å²) in [7, 11) is 0. The van der Waals surface area contributed by atoms with Gasteiger partial charge in [-0.2, -0.15) is 0 Å². The number of anilines is 2. The molecule has 0 bridgehead atoms. The minimum atomic E-state index is -2.52. The fourth-order valence-corrected chi connectivity index (χ4v) is 8.80. The van der Waals surface area contributed by atoms with E-state index in [4.69, 9.17) is 28.4 Å². The molecule has 10 N–H and O–H groups in total. The van der Waals surface area contributed by atoms with Gasteiger partial charge in [0.25, 0.3) is 28.5 Å². The number of carboxylic acids is 1. The molecule has 6 atom stereocenters. The van der Waals surface area contributed by atoms with Crippen LogP contribution in [0.4, 0.5) is 11.4 Å². The fraction of sp³-hybridized carbons (Fsp3) is 0.527. The lowest BCUT2D eigenvalue weighted by molar-refractivity contribution is -0.310. The van der Waals surface area contributed by atoms with Crippen molar-refractivity contribution in [2.24, 2.45) is 0 Å². The highest BCUT2D eigenvalue weighted by Crippen LogP contribution is 2.34. The first-order valence-corrected chi connectivity index (χ1v) is 27.3. The number of rotatable bonds is 40. The third kappa shape index (κ3) is 20.2. The third-order valence-electron chi connectivity index (χ3n) is 13.3. The van der Waals surface area contributed by atoms with Gasteiger partial charge in [0, 0.05) is 51.2 Å². The monoisotopic (exact) mass is 1160 g/mol. The van der Waals surface area contributed by atoms with Gasteiger partial charge in [0.05, 0.1) is 103 Å². The molecule has 452 valence electrons. The van der Waals surface area contributed by atoms with Gasteiger partial charge >= 0.3 is 5.97 Å². The van der Waals surface area contributed by atoms with E-state index in [0.717, 1.165) is 16.0 Å². The highest BCUT2D eigenvalue weighted by molar-refractivity contribution is 6.12. The predicted molar refractivity (Wildman–Crippen MR) is 294 cm³/mol. The molecular weight excluding hydrogens is 1090 g/mol.